The summed E-state index contributed by atoms with van der Waals surface area (Å²) in [7, 11) is 1.72. The Balaban J connectivity index is 2.93. The Bertz CT molecular complexity index is 465. The maximum atomic E-state index is 13.7. The minimum Gasteiger partial charge on any atom is -0.371 e. The minimum atomic E-state index is -0.440. The van der Waals surface area contributed by atoms with Crippen molar-refractivity contribution in [3.05, 3.63) is 29.6 Å². The zero-order chi connectivity index (χ0) is 13.0. The molecule has 0 aliphatic heterocycles. The summed E-state index contributed by atoms with van der Waals surface area (Å²) in [4.78, 5) is 12.8. The van der Waals surface area contributed by atoms with Gasteiger partial charge in [0.2, 0.25) is 0 Å². The lowest BCUT2D eigenvalue weighted by atomic mass is 10.1. The fourth-order valence-electron chi connectivity index (χ4n) is 1.59. The predicted molar refractivity (Wildman–Crippen MR) is 64.5 cm³/mol. The summed E-state index contributed by atoms with van der Waals surface area (Å²) >= 11 is 0. The van der Waals surface area contributed by atoms with E-state index in [1.165, 1.54) is 13.0 Å². The third-order valence-corrected chi connectivity index (χ3v) is 2.53. The molecule has 0 radical (unpaired) electrons. The summed E-state index contributed by atoms with van der Waals surface area (Å²) in [5, 5.41) is 8.70. The van der Waals surface area contributed by atoms with Gasteiger partial charge in [0.05, 0.1) is 17.7 Å². The smallest absolute Gasteiger partial charge is 0.159 e. The van der Waals surface area contributed by atoms with Crippen LogP contribution < -0.4 is 4.90 Å². The van der Waals surface area contributed by atoms with Crippen LogP contribution in [0.15, 0.2) is 18.2 Å². The van der Waals surface area contributed by atoms with Crippen molar-refractivity contribution >= 4 is 11.5 Å². The Labute approximate surface area is 100 Å². The number of Topliss-reactive ketones (excluding diaryl/α,β-unsaturated/α-hetero) is 1. The van der Waals surface area contributed by atoms with Gasteiger partial charge >= 0.3 is 0 Å². The van der Waals surface area contributed by atoms with E-state index in [0.29, 0.717) is 17.8 Å². The molecule has 0 bridgehead atoms. The first-order chi connectivity index (χ1) is 7.95. The lowest BCUT2D eigenvalue weighted by Gasteiger charge is -2.21. The normalized spacial score (nSPS) is 11.7. The van der Waals surface area contributed by atoms with Gasteiger partial charge in [-0.25, -0.2) is 4.39 Å². The summed E-state index contributed by atoms with van der Waals surface area (Å²) < 4.78 is 13.7. The molecule has 1 aromatic carbocycles. The molecule has 0 spiro atoms. The van der Waals surface area contributed by atoms with Crippen LogP contribution >= 0.6 is 0 Å². The highest BCUT2D eigenvalue weighted by atomic mass is 19.1. The van der Waals surface area contributed by atoms with Crippen LogP contribution in [0.2, 0.25) is 0 Å². The van der Waals surface area contributed by atoms with Gasteiger partial charge in [-0.1, -0.05) is 0 Å². The van der Waals surface area contributed by atoms with E-state index in [-0.39, 0.29) is 11.7 Å². The van der Waals surface area contributed by atoms with Crippen molar-refractivity contribution in [2.24, 2.45) is 5.92 Å². The second kappa shape index (κ2) is 5.44. The zero-order valence-electron chi connectivity index (χ0n) is 10.2. The molecule has 0 amide bonds. The van der Waals surface area contributed by atoms with E-state index in [2.05, 4.69) is 6.07 Å². The molecule has 0 fully saturated rings. The topological polar surface area (TPSA) is 44.1 Å². The first-order valence-electron chi connectivity index (χ1n) is 5.37. The van der Waals surface area contributed by atoms with Crippen LogP contribution in [0.4, 0.5) is 10.1 Å². The Kier molecular flexibility index (Phi) is 4.22. The van der Waals surface area contributed by atoms with Crippen molar-refractivity contribution in [2.45, 2.75) is 13.8 Å². The quantitative estimate of drug-likeness (QED) is 0.752. The molecule has 0 N–H and O–H groups in total. The van der Waals surface area contributed by atoms with Gasteiger partial charge in [-0.05, 0) is 32.0 Å². The number of carbonyl (C=O) groups excluding carboxylic acids is 1. The number of ketones is 1. The van der Waals surface area contributed by atoms with Crippen LogP contribution in [-0.2, 0) is 0 Å². The number of anilines is 1. The van der Waals surface area contributed by atoms with Gasteiger partial charge in [0.25, 0.3) is 0 Å². The Morgan fingerprint density at radius 1 is 1.59 bits per heavy atom. The minimum absolute atomic E-state index is 0.163. The number of hydrogen-bond donors (Lipinski definition) is 0. The van der Waals surface area contributed by atoms with E-state index in [1.54, 1.807) is 31.0 Å². The summed E-state index contributed by atoms with van der Waals surface area (Å²) in [6, 6.07) is 6.48. The Hall–Kier alpha value is -1.89. The summed E-state index contributed by atoms with van der Waals surface area (Å²) in [5.74, 6) is -0.777. The first kappa shape index (κ1) is 13.2. The molecule has 0 aliphatic carbocycles. The molecule has 4 heteroatoms. The molecule has 3 nitrogen and oxygen atoms in total. The van der Waals surface area contributed by atoms with Gasteiger partial charge in [0.1, 0.15) is 5.82 Å². The average Bonchev–Trinajstić information content (AvgIpc) is 2.28. The fourth-order valence-corrected chi connectivity index (χ4v) is 1.59. The molecule has 0 saturated carbocycles. The molecular formula is C13H15FN2O. The zero-order valence-corrected chi connectivity index (χ0v) is 10.2. The summed E-state index contributed by atoms with van der Waals surface area (Å²) in [6.45, 7) is 3.63. The second-order valence-electron chi connectivity index (χ2n) is 4.13. The molecule has 17 heavy (non-hydrogen) atoms. The number of benzene rings is 1. The average molecular weight is 234 g/mol. The standard InChI is InChI=1S/C13H15FN2O/c1-9(7-15)8-16(3)13-5-4-11(10(2)17)6-12(13)14/h4-6,9H,8H2,1-3H3. The third-order valence-electron chi connectivity index (χ3n) is 2.53. The van der Waals surface area contributed by atoms with Crippen LogP contribution in [0.25, 0.3) is 0 Å². The van der Waals surface area contributed by atoms with Gasteiger partial charge in [-0.2, -0.15) is 5.26 Å². The SMILES string of the molecule is CC(=O)c1ccc(N(C)CC(C)C#N)c(F)c1. The predicted octanol–water partition coefficient (Wildman–Crippen LogP) is 2.62. The molecule has 0 aromatic heterocycles. The molecule has 0 heterocycles. The van der Waals surface area contributed by atoms with Gasteiger partial charge in [0.15, 0.2) is 5.78 Å². The van der Waals surface area contributed by atoms with Crippen LogP contribution in [0.3, 0.4) is 0 Å². The van der Waals surface area contributed by atoms with Crippen LogP contribution in [0.5, 0.6) is 0 Å². The molecule has 1 rings (SSSR count). The second-order valence-corrected chi connectivity index (χ2v) is 4.13. The highest BCUT2D eigenvalue weighted by molar-refractivity contribution is 5.94. The van der Waals surface area contributed by atoms with Crippen molar-refractivity contribution < 1.29 is 9.18 Å². The maximum absolute atomic E-state index is 13.7. The molecule has 0 saturated heterocycles. The van der Waals surface area contributed by atoms with Gasteiger partial charge < -0.3 is 4.90 Å². The number of hydrogen-bond acceptors (Lipinski definition) is 3. The lowest BCUT2D eigenvalue weighted by Crippen LogP contribution is -2.24. The van der Waals surface area contributed by atoms with E-state index < -0.39 is 5.82 Å². The van der Waals surface area contributed by atoms with Gasteiger partial charge in [-0.3, -0.25) is 4.79 Å². The Morgan fingerprint density at radius 3 is 2.71 bits per heavy atom. The molecule has 90 valence electrons. The number of nitriles is 1. The molecule has 1 aromatic rings. The lowest BCUT2D eigenvalue weighted by molar-refractivity contribution is 0.101. The molecule has 0 aliphatic rings. The summed E-state index contributed by atoms with van der Waals surface area (Å²) in [6.07, 6.45) is 0. The van der Waals surface area contributed by atoms with Crippen LogP contribution in [0.1, 0.15) is 24.2 Å². The monoisotopic (exact) mass is 234 g/mol. The van der Waals surface area contributed by atoms with E-state index in [0.717, 1.165) is 0 Å². The fraction of sp³-hybridized carbons (Fsp3) is 0.385. The highest BCUT2D eigenvalue weighted by Gasteiger charge is 2.12. The van der Waals surface area contributed by atoms with Crippen molar-refractivity contribution in [1.29, 1.82) is 5.26 Å². The molecular weight excluding hydrogens is 219 g/mol. The number of carbonyl (C=O) groups is 1. The molecule has 1 atom stereocenters. The van der Waals surface area contributed by atoms with E-state index in [4.69, 9.17) is 5.26 Å². The van der Waals surface area contributed by atoms with E-state index in [1.807, 2.05) is 0 Å². The van der Waals surface area contributed by atoms with Gasteiger partial charge in [-0.15, -0.1) is 0 Å². The Morgan fingerprint density at radius 2 is 2.24 bits per heavy atom. The highest BCUT2D eigenvalue weighted by Crippen LogP contribution is 2.20. The number of halogens is 1. The molecule has 1 unspecified atom stereocenters. The van der Waals surface area contributed by atoms with Crippen LogP contribution in [-0.4, -0.2) is 19.4 Å². The maximum Gasteiger partial charge on any atom is 0.159 e. The van der Waals surface area contributed by atoms with Crippen molar-refractivity contribution in [3.63, 3.8) is 0 Å². The van der Waals surface area contributed by atoms with Crippen molar-refractivity contribution in [2.75, 3.05) is 18.5 Å². The van der Waals surface area contributed by atoms with Crippen molar-refractivity contribution in [1.82, 2.24) is 0 Å². The number of rotatable bonds is 4. The summed E-state index contributed by atoms with van der Waals surface area (Å²) in [5.41, 5.74) is 0.755. The largest absolute Gasteiger partial charge is 0.371 e. The number of nitrogens with zero attached hydrogens (tertiary/aromatic N) is 2. The van der Waals surface area contributed by atoms with Crippen molar-refractivity contribution in [3.8, 4) is 6.07 Å². The van der Waals surface area contributed by atoms with Gasteiger partial charge in [0, 0.05) is 19.2 Å². The van der Waals surface area contributed by atoms with E-state index >= 15 is 0 Å². The first-order valence-corrected chi connectivity index (χ1v) is 5.37. The van der Waals surface area contributed by atoms with E-state index in [9.17, 15) is 9.18 Å². The van der Waals surface area contributed by atoms with Crippen LogP contribution in [0, 0.1) is 23.1 Å². The third kappa shape index (κ3) is 3.28.